The van der Waals surface area contributed by atoms with Crippen LogP contribution in [0.15, 0.2) is 18.2 Å². The van der Waals surface area contributed by atoms with E-state index in [0.29, 0.717) is 12.2 Å². The number of hydrogen-bond acceptors (Lipinski definition) is 3. The number of rotatable bonds is 1. The molecule has 1 aliphatic rings. The monoisotopic (exact) mass is 194 g/mol. The second-order valence-electron chi connectivity index (χ2n) is 3.55. The summed E-state index contributed by atoms with van der Waals surface area (Å²) in [5.74, 6) is 1.43. The zero-order valence-electron chi connectivity index (χ0n) is 8.36. The van der Waals surface area contributed by atoms with Crippen molar-refractivity contribution in [2.24, 2.45) is 0 Å². The molecule has 0 fully saturated rings. The minimum atomic E-state index is -0.482. The average molecular weight is 194 g/mol. The summed E-state index contributed by atoms with van der Waals surface area (Å²) < 4.78 is 10.8. The van der Waals surface area contributed by atoms with Crippen molar-refractivity contribution in [3.05, 3.63) is 23.8 Å². The molecular weight excluding hydrogens is 180 g/mol. The molecule has 2 rings (SSSR count). The fourth-order valence-corrected chi connectivity index (χ4v) is 1.83. The van der Waals surface area contributed by atoms with Crippen LogP contribution in [0.5, 0.6) is 11.5 Å². The molecule has 1 heterocycles. The van der Waals surface area contributed by atoms with Crippen molar-refractivity contribution in [1.82, 2.24) is 0 Å². The Kier molecular flexibility index (Phi) is 2.33. The third-order valence-electron chi connectivity index (χ3n) is 2.46. The normalized spacial score (nSPS) is 25.1. The number of ether oxygens (including phenoxy) is 2. The summed E-state index contributed by atoms with van der Waals surface area (Å²) in [4.78, 5) is 0. The highest BCUT2D eigenvalue weighted by Crippen LogP contribution is 2.40. The maximum Gasteiger partial charge on any atom is 0.129 e. The van der Waals surface area contributed by atoms with E-state index in [9.17, 15) is 5.11 Å². The largest absolute Gasteiger partial charge is 0.496 e. The summed E-state index contributed by atoms with van der Waals surface area (Å²) in [6.07, 6.45) is 0.197. The van der Waals surface area contributed by atoms with E-state index in [4.69, 9.17) is 9.47 Å². The van der Waals surface area contributed by atoms with Crippen LogP contribution in [0.3, 0.4) is 0 Å². The zero-order chi connectivity index (χ0) is 10.1. The second-order valence-corrected chi connectivity index (χ2v) is 3.55. The third kappa shape index (κ3) is 1.44. The van der Waals surface area contributed by atoms with Crippen LogP contribution in [0.1, 0.15) is 25.0 Å². The van der Waals surface area contributed by atoms with E-state index >= 15 is 0 Å². The van der Waals surface area contributed by atoms with Gasteiger partial charge in [-0.05, 0) is 19.1 Å². The van der Waals surface area contributed by atoms with Crippen LogP contribution in [0.2, 0.25) is 0 Å². The highest BCUT2D eigenvalue weighted by Gasteiger charge is 2.26. The average Bonchev–Trinajstić information content (AvgIpc) is 2.16. The first-order valence-corrected chi connectivity index (χ1v) is 4.74. The van der Waals surface area contributed by atoms with Gasteiger partial charge in [0.1, 0.15) is 11.5 Å². The van der Waals surface area contributed by atoms with Gasteiger partial charge in [0.25, 0.3) is 0 Å². The van der Waals surface area contributed by atoms with Crippen LogP contribution in [0, 0.1) is 0 Å². The highest BCUT2D eigenvalue weighted by molar-refractivity contribution is 5.47. The Hall–Kier alpha value is -1.22. The first-order chi connectivity index (χ1) is 6.72. The Bertz CT molecular complexity index is 335. The van der Waals surface area contributed by atoms with Gasteiger partial charge in [-0.15, -0.1) is 0 Å². The number of aliphatic hydroxyl groups is 1. The fourth-order valence-electron chi connectivity index (χ4n) is 1.83. The maximum absolute atomic E-state index is 9.88. The van der Waals surface area contributed by atoms with Crippen molar-refractivity contribution < 1.29 is 14.6 Å². The smallest absolute Gasteiger partial charge is 0.129 e. The Morgan fingerprint density at radius 1 is 1.50 bits per heavy atom. The number of methoxy groups -OCH3 is 1. The summed E-state index contributed by atoms with van der Waals surface area (Å²) in [5, 5.41) is 9.88. The van der Waals surface area contributed by atoms with Crippen LogP contribution < -0.4 is 9.47 Å². The highest BCUT2D eigenvalue weighted by atomic mass is 16.5. The summed E-state index contributed by atoms with van der Waals surface area (Å²) in [6.45, 7) is 1.95. The minimum absolute atomic E-state index is 0.0598. The SMILES string of the molecule is COc1cccc2c1[C@@H](O)C[C@@H](C)O2. The number of fused-ring (bicyclic) bond motifs is 1. The topological polar surface area (TPSA) is 38.7 Å². The lowest BCUT2D eigenvalue weighted by atomic mass is 9.99. The van der Waals surface area contributed by atoms with Crippen molar-refractivity contribution in [1.29, 1.82) is 0 Å². The molecule has 0 spiro atoms. The standard InChI is InChI=1S/C11H14O3/c1-7-6-8(12)11-9(13-2)4-3-5-10(11)14-7/h3-5,7-8,12H,6H2,1-2H3/t7-,8+/m1/s1. The van der Waals surface area contributed by atoms with Crippen molar-refractivity contribution in [3.63, 3.8) is 0 Å². The van der Waals surface area contributed by atoms with E-state index in [0.717, 1.165) is 11.3 Å². The van der Waals surface area contributed by atoms with Gasteiger partial charge in [-0.2, -0.15) is 0 Å². The van der Waals surface area contributed by atoms with Gasteiger partial charge in [-0.25, -0.2) is 0 Å². The van der Waals surface area contributed by atoms with Gasteiger partial charge >= 0.3 is 0 Å². The number of hydrogen-bond donors (Lipinski definition) is 1. The van der Waals surface area contributed by atoms with Gasteiger partial charge in [0.05, 0.1) is 24.9 Å². The molecule has 0 amide bonds. The molecule has 14 heavy (non-hydrogen) atoms. The summed E-state index contributed by atoms with van der Waals surface area (Å²) >= 11 is 0. The maximum atomic E-state index is 9.88. The van der Waals surface area contributed by atoms with Crippen molar-refractivity contribution in [2.75, 3.05) is 7.11 Å². The van der Waals surface area contributed by atoms with Crippen molar-refractivity contribution in [2.45, 2.75) is 25.6 Å². The minimum Gasteiger partial charge on any atom is -0.496 e. The molecule has 0 saturated heterocycles. The number of aliphatic hydroxyl groups excluding tert-OH is 1. The van der Waals surface area contributed by atoms with Gasteiger partial charge in [-0.3, -0.25) is 0 Å². The van der Waals surface area contributed by atoms with Gasteiger partial charge in [0, 0.05) is 6.42 Å². The lowest BCUT2D eigenvalue weighted by Gasteiger charge is -2.28. The van der Waals surface area contributed by atoms with E-state index in [2.05, 4.69) is 0 Å². The fraction of sp³-hybridized carbons (Fsp3) is 0.455. The first-order valence-electron chi connectivity index (χ1n) is 4.74. The molecule has 0 aromatic heterocycles. The van der Waals surface area contributed by atoms with E-state index < -0.39 is 6.10 Å². The molecule has 1 aromatic rings. The van der Waals surface area contributed by atoms with Crippen LogP contribution in [0.25, 0.3) is 0 Å². The summed E-state index contributed by atoms with van der Waals surface area (Å²) in [7, 11) is 1.60. The molecule has 0 unspecified atom stereocenters. The van der Waals surface area contributed by atoms with E-state index in [1.54, 1.807) is 7.11 Å². The van der Waals surface area contributed by atoms with Crippen molar-refractivity contribution >= 4 is 0 Å². The number of benzene rings is 1. The Labute approximate surface area is 83.3 Å². The van der Waals surface area contributed by atoms with Gasteiger partial charge < -0.3 is 14.6 Å². The predicted octanol–water partition coefficient (Wildman–Crippen LogP) is 1.90. The molecule has 76 valence electrons. The Balaban J connectivity index is 2.47. The lowest BCUT2D eigenvalue weighted by Crippen LogP contribution is -2.22. The molecule has 0 aliphatic carbocycles. The molecule has 1 aromatic carbocycles. The third-order valence-corrected chi connectivity index (χ3v) is 2.46. The van der Waals surface area contributed by atoms with Crippen molar-refractivity contribution in [3.8, 4) is 11.5 Å². The quantitative estimate of drug-likeness (QED) is 0.742. The van der Waals surface area contributed by atoms with Crippen LogP contribution in [-0.4, -0.2) is 18.3 Å². The molecule has 1 N–H and O–H groups in total. The molecule has 0 saturated carbocycles. The molecule has 2 atom stereocenters. The molecule has 1 aliphatic heterocycles. The van der Waals surface area contributed by atoms with Crippen LogP contribution in [0.4, 0.5) is 0 Å². The zero-order valence-corrected chi connectivity index (χ0v) is 8.36. The van der Waals surface area contributed by atoms with Gasteiger partial charge in [0.2, 0.25) is 0 Å². The molecular formula is C11H14O3. The van der Waals surface area contributed by atoms with Gasteiger partial charge in [0.15, 0.2) is 0 Å². The molecule has 0 bridgehead atoms. The molecule has 0 radical (unpaired) electrons. The van der Waals surface area contributed by atoms with Crippen LogP contribution in [-0.2, 0) is 0 Å². The summed E-state index contributed by atoms with van der Waals surface area (Å²) in [5.41, 5.74) is 0.771. The van der Waals surface area contributed by atoms with E-state index in [1.807, 2.05) is 25.1 Å². The Morgan fingerprint density at radius 2 is 2.29 bits per heavy atom. The first kappa shape index (κ1) is 9.34. The second kappa shape index (κ2) is 3.50. The van der Waals surface area contributed by atoms with Crippen LogP contribution >= 0.6 is 0 Å². The van der Waals surface area contributed by atoms with E-state index in [1.165, 1.54) is 0 Å². The summed E-state index contributed by atoms with van der Waals surface area (Å²) in [6, 6.07) is 5.56. The molecule has 3 nitrogen and oxygen atoms in total. The van der Waals surface area contributed by atoms with E-state index in [-0.39, 0.29) is 6.10 Å². The molecule has 3 heteroatoms. The predicted molar refractivity (Wildman–Crippen MR) is 52.7 cm³/mol. The Morgan fingerprint density at radius 3 is 3.00 bits per heavy atom. The van der Waals surface area contributed by atoms with Gasteiger partial charge in [-0.1, -0.05) is 6.07 Å². The lowest BCUT2D eigenvalue weighted by molar-refractivity contribution is 0.0723.